The summed E-state index contributed by atoms with van der Waals surface area (Å²) < 4.78 is 15.4. The first-order valence-electron chi connectivity index (χ1n) is 6.41. The van der Waals surface area contributed by atoms with Gasteiger partial charge in [0.1, 0.15) is 12.6 Å². The molecule has 0 radical (unpaired) electrons. The van der Waals surface area contributed by atoms with Crippen LogP contribution < -0.4 is 5.32 Å². The first-order valence-corrected chi connectivity index (χ1v) is 6.41. The molecule has 0 aromatic rings. The lowest BCUT2D eigenvalue weighted by Crippen LogP contribution is -2.53. The van der Waals surface area contributed by atoms with Crippen LogP contribution in [0.2, 0.25) is 0 Å². The van der Waals surface area contributed by atoms with Crippen molar-refractivity contribution in [3.05, 3.63) is 0 Å². The number of esters is 1. The number of nitrogens with zero attached hydrogens (tertiary/aromatic N) is 1. The fourth-order valence-corrected chi connectivity index (χ4v) is 1.95. The van der Waals surface area contributed by atoms with Gasteiger partial charge in [-0.1, -0.05) is 0 Å². The summed E-state index contributed by atoms with van der Waals surface area (Å²) in [5.41, 5.74) is 0. The largest absolute Gasteiger partial charge is 0.467 e. The van der Waals surface area contributed by atoms with Crippen LogP contribution in [-0.4, -0.2) is 73.2 Å². The lowest BCUT2D eigenvalue weighted by Gasteiger charge is -2.33. The molecule has 9 nitrogen and oxygen atoms in total. The topological polar surface area (TPSA) is 114 Å². The molecule has 1 heterocycles. The Hall–Kier alpha value is -1.87. The highest BCUT2D eigenvalue weighted by Crippen LogP contribution is 2.21. The second-order valence-corrected chi connectivity index (χ2v) is 4.71. The molecule has 2 N–H and O–H groups in total. The van der Waals surface area contributed by atoms with Gasteiger partial charge in [0.15, 0.2) is 5.79 Å². The number of carboxylic acid groups (broad SMARTS) is 1. The molecule has 0 spiro atoms. The summed E-state index contributed by atoms with van der Waals surface area (Å²) in [6.45, 7) is 3.45. The smallest absolute Gasteiger partial charge is 0.405 e. The first-order chi connectivity index (χ1) is 9.79. The number of rotatable bonds is 6. The molecule has 0 aromatic heterocycles. The Balaban J connectivity index is 2.80. The van der Waals surface area contributed by atoms with Gasteiger partial charge in [0.05, 0.1) is 26.9 Å². The van der Waals surface area contributed by atoms with Crippen LogP contribution >= 0.6 is 0 Å². The van der Waals surface area contributed by atoms with Gasteiger partial charge in [-0.15, -0.1) is 0 Å². The van der Waals surface area contributed by atoms with Crippen molar-refractivity contribution in [2.75, 3.05) is 33.4 Å². The van der Waals surface area contributed by atoms with E-state index in [1.165, 1.54) is 18.9 Å². The lowest BCUT2D eigenvalue weighted by atomic mass is 10.2. The van der Waals surface area contributed by atoms with Crippen LogP contribution in [0.5, 0.6) is 0 Å². The van der Waals surface area contributed by atoms with E-state index in [-0.39, 0.29) is 6.54 Å². The van der Waals surface area contributed by atoms with Crippen LogP contribution in [-0.2, 0) is 23.8 Å². The Morgan fingerprint density at radius 2 is 1.95 bits per heavy atom. The average molecular weight is 304 g/mol. The zero-order valence-corrected chi connectivity index (χ0v) is 12.2. The Labute approximate surface area is 122 Å². The maximum atomic E-state index is 12.1. The van der Waals surface area contributed by atoms with E-state index in [1.54, 1.807) is 6.92 Å². The fraction of sp³-hybridized carbons (Fsp3) is 0.750. The Morgan fingerprint density at radius 3 is 2.43 bits per heavy atom. The van der Waals surface area contributed by atoms with Gasteiger partial charge in [-0.25, -0.2) is 9.59 Å². The second kappa shape index (κ2) is 7.23. The highest BCUT2D eigenvalue weighted by atomic mass is 16.7. The summed E-state index contributed by atoms with van der Waals surface area (Å²) in [6.07, 6.45) is -1.33. The van der Waals surface area contributed by atoms with E-state index in [0.29, 0.717) is 13.2 Å². The fourth-order valence-electron chi connectivity index (χ4n) is 1.95. The standard InChI is InChI=1S/C12H20N2O7/c1-8(10(16)19-3)14(9(15)6-13-11(17)18)7-12(2)20-4-5-21-12/h8,13H,4-7H2,1-3H3,(H,17,18). The summed E-state index contributed by atoms with van der Waals surface area (Å²) >= 11 is 0. The number of hydrogen-bond acceptors (Lipinski definition) is 6. The molecule has 1 fully saturated rings. The molecule has 9 heteroatoms. The van der Waals surface area contributed by atoms with Crippen LogP contribution in [0.4, 0.5) is 4.79 Å². The van der Waals surface area contributed by atoms with Crippen LogP contribution in [0.3, 0.4) is 0 Å². The van der Waals surface area contributed by atoms with Gasteiger partial charge in [-0.2, -0.15) is 0 Å². The van der Waals surface area contributed by atoms with Gasteiger partial charge >= 0.3 is 12.1 Å². The van der Waals surface area contributed by atoms with Crippen molar-refractivity contribution in [1.29, 1.82) is 0 Å². The van der Waals surface area contributed by atoms with Crippen LogP contribution in [0.15, 0.2) is 0 Å². The molecule has 21 heavy (non-hydrogen) atoms. The Morgan fingerprint density at radius 1 is 1.38 bits per heavy atom. The van der Waals surface area contributed by atoms with E-state index < -0.39 is 36.3 Å². The maximum Gasteiger partial charge on any atom is 0.405 e. The number of ether oxygens (including phenoxy) is 3. The summed E-state index contributed by atoms with van der Waals surface area (Å²) in [6, 6.07) is -0.886. The van der Waals surface area contributed by atoms with Crippen molar-refractivity contribution in [3.8, 4) is 0 Å². The van der Waals surface area contributed by atoms with Crippen molar-refractivity contribution in [1.82, 2.24) is 10.2 Å². The highest BCUT2D eigenvalue weighted by molar-refractivity contribution is 5.87. The lowest BCUT2D eigenvalue weighted by molar-refractivity contribution is -0.175. The minimum absolute atomic E-state index is 0.0105. The molecule has 1 rings (SSSR count). The van der Waals surface area contributed by atoms with Crippen molar-refractivity contribution in [3.63, 3.8) is 0 Å². The second-order valence-electron chi connectivity index (χ2n) is 4.71. The van der Waals surface area contributed by atoms with Gasteiger partial charge in [-0.05, 0) is 13.8 Å². The molecule has 0 aliphatic carbocycles. The van der Waals surface area contributed by atoms with Crippen molar-refractivity contribution >= 4 is 18.0 Å². The van der Waals surface area contributed by atoms with Crippen molar-refractivity contribution < 1.29 is 33.7 Å². The normalized spacial score (nSPS) is 17.9. The maximum absolute atomic E-state index is 12.1. The molecular weight excluding hydrogens is 284 g/mol. The zero-order valence-electron chi connectivity index (χ0n) is 12.2. The first kappa shape index (κ1) is 17.2. The number of methoxy groups -OCH3 is 1. The van der Waals surface area contributed by atoms with Crippen LogP contribution in [0.25, 0.3) is 0 Å². The third-order valence-corrected chi connectivity index (χ3v) is 3.08. The summed E-state index contributed by atoms with van der Waals surface area (Å²) in [7, 11) is 1.21. The average Bonchev–Trinajstić information content (AvgIpc) is 2.87. The molecule has 1 atom stereocenters. The van der Waals surface area contributed by atoms with Gasteiger partial charge in [-0.3, -0.25) is 4.79 Å². The van der Waals surface area contributed by atoms with Gasteiger partial charge in [0.25, 0.3) is 0 Å². The van der Waals surface area contributed by atoms with Gasteiger partial charge < -0.3 is 29.5 Å². The molecule has 1 aliphatic rings. The molecule has 0 bridgehead atoms. The monoisotopic (exact) mass is 304 g/mol. The highest BCUT2D eigenvalue weighted by Gasteiger charge is 2.38. The summed E-state index contributed by atoms with van der Waals surface area (Å²) in [5, 5.41) is 10.5. The zero-order chi connectivity index (χ0) is 16.0. The molecule has 0 saturated carbocycles. The van der Waals surface area contributed by atoms with E-state index >= 15 is 0 Å². The molecule has 120 valence electrons. The third-order valence-electron chi connectivity index (χ3n) is 3.08. The van der Waals surface area contributed by atoms with Crippen LogP contribution in [0, 0.1) is 0 Å². The van der Waals surface area contributed by atoms with E-state index in [0.717, 1.165) is 0 Å². The molecule has 2 amide bonds. The molecule has 0 aromatic carbocycles. The third kappa shape index (κ3) is 4.87. The van der Waals surface area contributed by atoms with E-state index in [9.17, 15) is 14.4 Å². The van der Waals surface area contributed by atoms with Crippen LogP contribution in [0.1, 0.15) is 13.8 Å². The predicted molar refractivity (Wildman–Crippen MR) is 69.5 cm³/mol. The minimum Gasteiger partial charge on any atom is -0.467 e. The molecular formula is C12H20N2O7. The van der Waals surface area contributed by atoms with Gasteiger partial charge in [0.2, 0.25) is 5.91 Å². The molecule has 1 aliphatic heterocycles. The summed E-state index contributed by atoms with van der Waals surface area (Å²) in [4.78, 5) is 35.4. The minimum atomic E-state index is -1.33. The Kier molecular flexibility index (Phi) is 5.91. The number of nitrogens with one attached hydrogen (secondary N) is 1. The number of carbonyl (C=O) groups is 3. The van der Waals surface area contributed by atoms with E-state index in [1.807, 2.05) is 5.32 Å². The quantitative estimate of drug-likeness (QED) is 0.630. The van der Waals surface area contributed by atoms with Gasteiger partial charge in [0, 0.05) is 0 Å². The Bertz CT molecular complexity index is 406. The number of amides is 2. The number of carbonyl (C=O) groups excluding carboxylic acids is 2. The molecule has 1 saturated heterocycles. The summed E-state index contributed by atoms with van der Waals surface area (Å²) in [5.74, 6) is -2.21. The van der Waals surface area contributed by atoms with Crippen molar-refractivity contribution in [2.24, 2.45) is 0 Å². The predicted octanol–water partition coefficient (Wildman–Crippen LogP) is -0.593. The SMILES string of the molecule is COC(=O)C(C)N(CC1(C)OCCO1)C(=O)CNC(=O)O. The van der Waals surface area contributed by atoms with Crippen molar-refractivity contribution in [2.45, 2.75) is 25.7 Å². The van der Waals surface area contributed by atoms with E-state index in [4.69, 9.17) is 14.6 Å². The molecule has 1 unspecified atom stereocenters. The number of hydrogen-bond donors (Lipinski definition) is 2. The van der Waals surface area contributed by atoms with E-state index in [2.05, 4.69) is 4.74 Å².